The molecule has 0 N–H and O–H groups in total. The molecular weight excluding hydrogens is 364 g/mol. The first-order valence-corrected chi connectivity index (χ1v) is 9.40. The van der Waals surface area contributed by atoms with Crippen molar-refractivity contribution in [1.82, 2.24) is 0 Å². The van der Waals surface area contributed by atoms with Crippen LogP contribution in [0.3, 0.4) is 0 Å². The number of rotatable bonds is 3. The molecule has 0 amide bonds. The van der Waals surface area contributed by atoms with Gasteiger partial charge in [-0.2, -0.15) is 0 Å². The molecule has 2 aromatic rings. The Hall–Kier alpha value is -1.56. The molecule has 0 aliphatic heterocycles. The van der Waals surface area contributed by atoms with Crippen molar-refractivity contribution in [3.63, 3.8) is 0 Å². The van der Waals surface area contributed by atoms with Gasteiger partial charge in [0.2, 0.25) is 24.8 Å². The maximum absolute atomic E-state index is 9.38. The van der Waals surface area contributed by atoms with Crippen molar-refractivity contribution in [1.29, 1.82) is 0 Å². The molecule has 0 saturated heterocycles. The van der Waals surface area contributed by atoms with Crippen molar-refractivity contribution >= 4 is 0 Å². The minimum absolute atomic E-state index is 2.00. The number of aromatic nitrogens is 2. The molecule has 0 aliphatic rings. The third-order valence-corrected chi connectivity index (χ3v) is 4.50. The molecule has 0 bridgehead atoms. The van der Waals surface area contributed by atoms with E-state index in [1.807, 2.05) is 70.5 Å². The van der Waals surface area contributed by atoms with Crippen LogP contribution in [-0.2, 0) is 45.3 Å². The van der Waals surface area contributed by atoms with Crippen LogP contribution < -0.4 is 17.7 Å². The second-order valence-corrected chi connectivity index (χ2v) is 7.03. The maximum atomic E-state index is 9.38. The van der Waals surface area contributed by atoms with Crippen LogP contribution >= 0.6 is 0 Å². The van der Waals surface area contributed by atoms with Crippen molar-refractivity contribution < 1.29 is 62.9 Å². The molecule has 11 heteroatoms. The van der Waals surface area contributed by atoms with Gasteiger partial charge in [-0.1, -0.05) is 0 Å². The molecule has 2 heterocycles. The van der Waals surface area contributed by atoms with Crippen LogP contribution in [0.2, 0.25) is 0 Å². The first kappa shape index (κ1) is 17.5. The van der Waals surface area contributed by atoms with Crippen LogP contribution in [0.1, 0.15) is 0 Å². The van der Waals surface area contributed by atoms with Crippen LogP contribution in [0.5, 0.6) is 0 Å². The first-order valence-electron chi connectivity index (χ1n) is 5.23. The summed E-state index contributed by atoms with van der Waals surface area (Å²) in [4.78, 5) is 0. The fourth-order valence-electron chi connectivity index (χ4n) is 1.19. The van der Waals surface area contributed by atoms with E-state index in [0.717, 1.165) is 0 Å². The summed E-state index contributed by atoms with van der Waals surface area (Å²) in [6.07, 6.45) is 8.00. The van der Waals surface area contributed by atoms with Gasteiger partial charge in [-0.05, 0) is 12.1 Å². The third-order valence-electron chi connectivity index (χ3n) is 1.83. The van der Waals surface area contributed by atoms with Gasteiger partial charge in [0.05, 0.1) is 9.35 Å². The smallest absolute Gasteiger partial charge is 0.0499 e. The normalized spacial score (nSPS) is 11.3. The standard InChI is InChI=1S/C10H10N2.2Cr.7O/c1-3-7-11(8-4-1)12-9-5-2-6-10-12;;;;;;;;;/h1-10H;;;;;;;;;/q+2;;;;;;;;2*-1. The summed E-state index contributed by atoms with van der Waals surface area (Å²) in [6, 6.07) is 12.0. The van der Waals surface area contributed by atoms with Crippen molar-refractivity contribution in [2.24, 2.45) is 0 Å². The number of hydrogen-bond acceptors (Lipinski definition) is 7. The van der Waals surface area contributed by atoms with Gasteiger partial charge >= 0.3 is 53.6 Å². The minimum atomic E-state index is -6.07. The Labute approximate surface area is 124 Å². The first-order chi connectivity index (χ1) is 9.67. The minimum Gasteiger partial charge on any atom is -0.0499 e. The summed E-state index contributed by atoms with van der Waals surface area (Å²) < 4.78 is 62.9. The van der Waals surface area contributed by atoms with Crippen molar-refractivity contribution in [2.75, 3.05) is 0 Å². The fourth-order valence-corrected chi connectivity index (χ4v) is 2.82. The Morgan fingerprint density at radius 3 is 1.10 bits per heavy atom. The molecular formula is C10H10Cr2N2O7. The van der Waals surface area contributed by atoms with Gasteiger partial charge in [0.15, 0.2) is 0 Å². The summed E-state index contributed by atoms with van der Waals surface area (Å²) in [6.45, 7) is 0. The molecule has 0 aromatic carbocycles. The predicted molar refractivity (Wildman–Crippen MR) is 47.9 cm³/mol. The van der Waals surface area contributed by atoms with Gasteiger partial charge in [0.1, 0.15) is 0 Å². The van der Waals surface area contributed by atoms with E-state index < -0.39 is 27.2 Å². The number of nitrogens with zero attached hydrogens (tertiary/aromatic N) is 2. The van der Waals surface area contributed by atoms with Crippen LogP contribution in [0.15, 0.2) is 61.2 Å². The van der Waals surface area contributed by atoms with E-state index in [2.05, 4.69) is 2.84 Å². The topological polar surface area (TPSA) is 131 Å². The molecule has 0 aliphatic carbocycles. The van der Waals surface area contributed by atoms with E-state index in [9.17, 15) is 23.5 Å². The summed E-state index contributed by atoms with van der Waals surface area (Å²) in [5.41, 5.74) is 0. The molecule has 0 atom stereocenters. The Morgan fingerprint density at radius 2 is 0.905 bits per heavy atom. The molecule has 0 fully saturated rings. The number of hydrogen-bond donors (Lipinski definition) is 0. The second-order valence-electron chi connectivity index (χ2n) is 3.40. The molecule has 114 valence electrons. The van der Waals surface area contributed by atoms with Gasteiger partial charge < -0.3 is 0 Å². The molecule has 0 saturated carbocycles. The van der Waals surface area contributed by atoms with Gasteiger partial charge in [-0.15, -0.1) is 0 Å². The van der Waals surface area contributed by atoms with Crippen molar-refractivity contribution in [3.05, 3.63) is 61.2 Å². The molecule has 0 radical (unpaired) electrons. The Morgan fingerprint density at radius 1 is 0.619 bits per heavy atom. The zero-order valence-corrected chi connectivity index (χ0v) is 12.9. The zero-order chi connectivity index (χ0) is 15.9. The predicted octanol–water partition coefficient (Wildman–Crippen LogP) is -2.35. The molecule has 0 spiro atoms. The number of pyridine rings is 2. The third kappa shape index (κ3) is 8.35. The Bertz CT molecular complexity index is 694. The van der Waals surface area contributed by atoms with E-state index >= 15 is 0 Å². The van der Waals surface area contributed by atoms with Crippen molar-refractivity contribution in [2.45, 2.75) is 0 Å². The quantitative estimate of drug-likeness (QED) is 0.550. The zero-order valence-electron chi connectivity index (χ0n) is 10.3. The van der Waals surface area contributed by atoms with E-state index in [-0.39, 0.29) is 0 Å². The van der Waals surface area contributed by atoms with Crippen LogP contribution in [0.4, 0.5) is 0 Å². The molecule has 0 unspecified atom stereocenters. The van der Waals surface area contributed by atoms with E-state index in [0.29, 0.717) is 0 Å². The van der Waals surface area contributed by atoms with Crippen molar-refractivity contribution in [3.8, 4) is 0 Å². The summed E-state index contributed by atoms with van der Waals surface area (Å²) >= 11 is -12.1. The van der Waals surface area contributed by atoms with E-state index in [4.69, 9.17) is 0 Å². The van der Waals surface area contributed by atoms with Gasteiger partial charge in [0.25, 0.3) is 0 Å². The van der Waals surface area contributed by atoms with Crippen LogP contribution in [0.25, 0.3) is 0 Å². The summed E-state index contributed by atoms with van der Waals surface area (Å²) in [5, 5.41) is 0. The summed E-state index contributed by atoms with van der Waals surface area (Å²) in [7, 11) is 0. The maximum Gasteiger partial charge on any atom is 0.242 e. The SMILES string of the molecule is [O]=[Cr](=[O])([O-])[O][Cr](=[O])(=[O])[O-].c1cc[n+](-[n+]2ccccc2)cc1. The Balaban J connectivity index is 0.000000222. The fraction of sp³-hybridized carbons (Fsp3) is 0. The molecule has 9 nitrogen and oxygen atoms in total. The molecule has 21 heavy (non-hydrogen) atoms. The largest absolute Gasteiger partial charge is 0.242 e. The van der Waals surface area contributed by atoms with Gasteiger partial charge in [-0.3, -0.25) is 0 Å². The van der Waals surface area contributed by atoms with Gasteiger partial charge in [0, 0.05) is 24.3 Å². The monoisotopic (exact) mass is 374 g/mol. The second kappa shape index (κ2) is 7.45. The molecule has 2 rings (SSSR count). The molecule has 2 aromatic heterocycles. The van der Waals surface area contributed by atoms with E-state index in [1.54, 1.807) is 0 Å². The van der Waals surface area contributed by atoms with E-state index in [1.165, 1.54) is 0 Å². The average molecular weight is 374 g/mol. The Kier molecular flexibility index (Phi) is 6.21. The van der Waals surface area contributed by atoms with Gasteiger partial charge in [-0.25, -0.2) is 0 Å². The summed E-state index contributed by atoms with van der Waals surface area (Å²) in [5.74, 6) is 0. The average Bonchev–Trinajstić information content (AvgIpc) is 2.37. The van der Waals surface area contributed by atoms with Crippen LogP contribution in [0, 0.1) is 0 Å². The van der Waals surface area contributed by atoms with Crippen LogP contribution in [-0.4, -0.2) is 0 Å².